The van der Waals surface area contributed by atoms with Crippen molar-refractivity contribution in [1.82, 2.24) is 25.1 Å². The number of halogens is 1. The van der Waals surface area contributed by atoms with Gasteiger partial charge in [-0.25, -0.2) is 14.6 Å². The highest BCUT2D eigenvalue weighted by atomic mass is 35.5. The predicted octanol–water partition coefficient (Wildman–Crippen LogP) is 1.26. The van der Waals surface area contributed by atoms with Crippen molar-refractivity contribution in [3.8, 4) is 0 Å². The van der Waals surface area contributed by atoms with E-state index >= 15 is 0 Å². The summed E-state index contributed by atoms with van der Waals surface area (Å²) < 4.78 is 1.88. The first kappa shape index (κ1) is 14.9. The number of carbonyl (C=O) groups excluding carboxylic acids is 1. The Morgan fingerprint density at radius 2 is 2.32 bits per heavy atom. The number of fused-ring (bicyclic) bond motifs is 1. The molecule has 1 aliphatic rings. The Labute approximate surface area is 133 Å². The van der Waals surface area contributed by atoms with Crippen LogP contribution < -0.4 is 10.6 Å². The summed E-state index contributed by atoms with van der Waals surface area (Å²) in [7, 11) is 0. The lowest BCUT2D eigenvalue weighted by Gasteiger charge is -2.26. The summed E-state index contributed by atoms with van der Waals surface area (Å²) in [6.45, 7) is 2.56. The van der Waals surface area contributed by atoms with Crippen molar-refractivity contribution in [1.29, 1.82) is 0 Å². The molecule has 2 atom stereocenters. The second kappa shape index (κ2) is 6.41. The van der Waals surface area contributed by atoms with Crippen LogP contribution in [0.15, 0.2) is 24.7 Å². The lowest BCUT2D eigenvalue weighted by Crippen LogP contribution is -2.47. The first-order chi connectivity index (χ1) is 10.6. The minimum Gasteiger partial charge on any atom is -0.309 e. The fraction of sp³-hybridized carbons (Fsp3) is 0.429. The largest absolute Gasteiger partial charge is 0.309 e. The molecule has 7 nitrogen and oxygen atoms in total. The maximum Gasteiger partial charge on any atom is 0.242 e. The van der Waals surface area contributed by atoms with E-state index in [0.717, 1.165) is 25.2 Å². The number of hydrogen-bond donors (Lipinski definition) is 2. The lowest BCUT2D eigenvalue weighted by atomic mass is 10.1. The highest BCUT2D eigenvalue weighted by Gasteiger charge is 2.23. The third-order valence-electron chi connectivity index (χ3n) is 3.66. The number of nitrogens with one attached hydrogen (secondary N) is 2. The van der Waals surface area contributed by atoms with E-state index in [0.29, 0.717) is 10.8 Å². The number of aryl methyl sites for hydroxylation is 1. The van der Waals surface area contributed by atoms with Gasteiger partial charge >= 0.3 is 0 Å². The van der Waals surface area contributed by atoms with Gasteiger partial charge in [-0.2, -0.15) is 5.10 Å². The number of aromatic nitrogens is 4. The summed E-state index contributed by atoms with van der Waals surface area (Å²) in [6.07, 6.45) is 4.88. The molecule has 0 saturated heterocycles. The summed E-state index contributed by atoms with van der Waals surface area (Å²) in [5.74, 6) is 1.37. The molecule has 8 heteroatoms. The van der Waals surface area contributed by atoms with Gasteiger partial charge < -0.3 is 10.6 Å². The maximum absolute atomic E-state index is 12.2. The molecule has 2 aromatic rings. The maximum atomic E-state index is 12.2. The number of pyridine rings is 1. The van der Waals surface area contributed by atoms with Gasteiger partial charge in [-0.15, -0.1) is 0 Å². The highest BCUT2D eigenvalue weighted by Crippen LogP contribution is 2.13. The first-order valence-corrected chi connectivity index (χ1v) is 7.55. The Morgan fingerprint density at radius 1 is 1.45 bits per heavy atom. The van der Waals surface area contributed by atoms with Gasteiger partial charge in [0, 0.05) is 18.7 Å². The molecule has 1 aliphatic heterocycles. The molecule has 3 rings (SSSR count). The van der Waals surface area contributed by atoms with E-state index in [2.05, 4.69) is 25.7 Å². The molecule has 0 radical (unpaired) electrons. The van der Waals surface area contributed by atoms with Gasteiger partial charge in [0.2, 0.25) is 5.91 Å². The number of rotatable bonds is 4. The molecule has 1 amide bonds. The Balaban J connectivity index is 1.54. The van der Waals surface area contributed by atoms with Crippen LogP contribution >= 0.6 is 11.6 Å². The minimum atomic E-state index is -0.326. The molecule has 2 aromatic heterocycles. The Morgan fingerprint density at radius 3 is 3.09 bits per heavy atom. The number of anilines is 1. The molecule has 3 heterocycles. The van der Waals surface area contributed by atoms with Gasteiger partial charge in [-0.05, 0) is 25.5 Å². The van der Waals surface area contributed by atoms with Crippen LogP contribution in [-0.4, -0.2) is 37.7 Å². The quantitative estimate of drug-likeness (QED) is 0.886. The van der Waals surface area contributed by atoms with Crippen molar-refractivity contribution >= 4 is 23.3 Å². The lowest BCUT2D eigenvalue weighted by molar-refractivity contribution is -0.118. The van der Waals surface area contributed by atoms with Gasteiger partial charge in [0.15, 0.2) is 0 Å². The van der Waals surface area contributed by atoms with Crippen LogP contribution in [0.4, 0.5) is 5.82 Å². The van der Waals surface area contributed by atoms with Gasteiger partial charge in [-0.1, -0.05) is 11.6 Å². The number of nitrogens with zero attached hydrogens (tertiary/aromatic N) is 4. The minimum absolute atomic E-state index is 0.126. The van der Waals surface area contributed by atoms with E-state index in [4.69, 9.17) is 11.6 Å². The molecule has 0 aromatic carbocycles. The summed E-state index contributed by atoms with van der Waals surface area (Å²) in [6, 6.07) is 3.24. The van der Waals surface area contributed by atoms with E-state index in [-0.39, 0.29) is 18.0 Å². The Kier molecular flexibility index (Phi) is 4.35. The number of hydrogen-bond acceptors (Lipinski definition) is 5. The standard InChI is InChI=1S/C14H17ClN6O/c1-9(14(22)20-12-4-2-10(15)6-16-12)19-11-3-5-13-17-8-18-21(13)7-11/h2,4,6,8-9,11,19H,3,5,7H2,1H3,(H,16,20,22)/t9-,11+/m0/s1. The van der Waals surface area contributed by atoms with E-state index in [1.54, 1.807) is 18.5 Å². The second-order valence-corrected chi connectivity index (χ2v) is 5.77. The summed E-state index contributed by atoms with van der Waals surface area (Å²) >= 11 is 5.77. The molecule has 0 unspecified atom stereocenters. The zero-order valence-corrected chi connectivity index (χ0v) is 12.9. The van der Waals surface area contributed by atoms with Gasteiger partial charge in [-0.3, -0.25) is 4.79 Å². The first-order valence-electron chi connectivity index (χ1n) is 7.17. The Bertz CT molecular complexity index is 656. The highest BCUT2D eigenvalue weighted by molar-refractivity contribution is 6.30. The van der Waals surface area contributed by atoms with Crippen LogP contribution in [0.3, 0.4) is 0 Å². The van der Waals surface area contributed by atoms with Crippen LogP contribution in [0.1, 0.15) is 19.2 Å². The van der Waals surface area contributed by atoms with Gasteiger partial charge in [0.25, 0.3) is 0 Å². The summed E-state index contributed by atoms with van der Waals surface area (Å²) in [5, 5.41) is 10.8. The average molecular weight is 321 g/mol. The number of carbonyl (C=O) groups is 1. The van der Waals surface area contributed by atoms with Gasteiger partial charge in [0.05, 0.1) is 17.6 Å². The van der Waals surface area contributed by atoms with Crippen molar-refractivity contribution in [3.63, 3.8) is 0 Å². The third kappa shape index (κ3) is 3.42. The molecular weight excluding hydrogens is 304 g/mol. The van der Waals surface area contributed by atoms with Crippen LogP contribution in [0, 0.1) is 0 Å². The fourth-order valence-corrected chi connectivity index (χ4v) is 2.60. The van der Waals surface area contributed by atoms with Crippen LogP contribution in [-0.2, 0) is 17.8 Å². The van der Waals surface area contributed by atoms with E-state index in [1.807, 2.05) is 11.6 Å². The summed E-state index contributed by atoms with van der Waals surface area (Å²) in [5.41, 5.74) is 0. The van der Waals surface area contributed by atoms with Crippen molar-refractivity contribution in [3.05, 3.63) is 35.5 Å². The molecule has 0 saturated carbocycles. The van der Waals surface area contributed by atoms with Crippen molar-refractivity contribution in [2.45, 2.75) is 38.4 Å². The van der Waals surface area contributed by atoms with Crippen LogP contribution in [0.5, 0.6) is 0 Å². The summed E-state index contributed by atoms with van der Waals surface area (Å²) in [4.78, 5) is 20.4. The molecule has 0 bridgehead atoms. The van der Waals surface area contributed by atoms with E-state index in [9.17, 15) is 4.79 Å². The predicted molar refractivity (Wildman–Crippen MR) is 82.6 cm³/mol. The molecule has 0 aliphatic carbocycles. The second-order valence-electron chi connectivity index (χ2n) is 5.33. The molecule has 22 heavy (non-hydrogen) atoms. The van der Waals surface area contributed by atoms with Gasteiger partial charge in [0.1, 0.15) is 18.0 Å². The smallest absolute Gasteiger partial charge is 0.242 e. The van der Waals surface area contributed by atoms with Crippen molar-refractivity contribution < 1.29 is 4.79 Å². The van der Waals surface area contributed by atoms with Crippen LogP contribution in [0.2, 0.25) is 5.02 Å². The molecule has 116 valence electrons. The van der Waals surface area contributed by atoms with E-state index in [1.165, 1.54) is 6.20 Å². The molecule has 0 fully saturated rings. The number of amides is 1. The third-order valence-corrected chi connectivity index (χ3v) is 3.89. The zero-order chi connectivity index (χ0) is 15.5. The van der Waals surface area contributed by atoms with Crippen LogP contribution in [0.25, 0.3) is 0 Å². The van der Waals surface area contributed by atoms with Crippen molar-refractivity contribution in [2.24, 2.45) is 0 Å². The topological polar surface area (TPSA) is 84.7 Å². The fourth-order valence-electron chi connectivity index (χ4n) is 2.49. The Hall–Kier alpha value is -1.99. The molecule has 2 N–H and O–H groups in total. The monoisotopic (exact) mass is 320 g/mol. The normalized spacial score (nSPS) is 18.5. The SMILES string of the molecule is C[C@H](N[C@@H]1CCc2ncnn2C1)C(=O)Nc1ccc(Cl)cn1. The van der Waals surface area contributed by atoms with E-state index < -0.39 is 0 Å². The zero-order valence-electron chi connectivity index (χ0n) is 12.2. The molecular formula is C14H17ClN6O. The van der Waals surface area contributed by atoms with Crippen molar-refractivity contribution in [2.75, 3.05) is 5.32 Å². The average Bonchev–Trinajstić information content (AvgIpc) is 2.97. The molecule has 0 spiro atoms.